The Bertz CT molecular complexity index is 184. The van der Waals surface area contributed by atoms with Gasteiger partial charge in [0.1, 0.15) is 6.10 Å². The summed E-state index contributed by atoms with van der Waals surface area (Å²) in [6.07, 6.45) is 5.75. The Morgan fingerprint density at radius 1 is 1.67 bits per heavy atom. The maximum absolute atomic E-state index is 9.59. The number of ether oxygens (including phenoxy) is 1. The van der Waals surface area contributed by atoms with Crippen molar-refractivity contribution in [3.05, 3.63) is 24.5 Å². The molecule has 0 radical (unpaired) electrons. The van der Waals surface area contributed by atoms with Crippen LogP contribution >= 0.6 is 0 Å². The van der Waals surface area contributed by atoms with Crippen LogP contribution in [0.1, 0.15) is 26.2 Å². The summed E-state index contributed by atoms with van der Waals surface area (Å²) in [5.41, 5.74) is 1.33. The minimum Gasteiger partial charge on any atom is -0.496 e. The molecule has 1 rings (SSSR count). The van der Waals surface area contributed by atoms with E-state index in [1.54, 1.807) is 0 Å². The maximum Gasteiger partial charge on any atom is 0.124 e. The van der Waals surface area contributed by atoms with E-state index in [0.717, 1.165) is 19.3 Å². The van der Waals surface area contributed by atoms with E-state index in [9.17, 15) is 5.11 Å². The van der Waals surface area contributed by atoms with Gasteiger partial charge in [-0.05, 0) is 26.2 Å². The number of allylic oxidation sites excluding steroid dienone is 1. The summed E-state index contributed by atoms with van der Waals surface area (Å²) in [6, 6.07) is 0. The van der Waals surface area contributed by atoms with Crippen molar-refractivity contribution in [3.8, 4) is 0 Å². The number of aliphatic hydroxyl groups is 1. The molecule has 12 heavy (non-hydrogen) atoms. The van der Waals surface area contributed by atoms with Gasteiger partial charge < -0.3 is 9.84 Å². The smallest absolute Gasteiger partial charge is 0.124 e. The summed E-state index contributed by atoms with van der Waals surface area (Å²) in [6.45, 7) is 5.49. The third kappa shape index (κ3) is 2.11. The van der Waals surface area contributed by atoms with Gasteiger partial charge in [0.05, 0.1) is 12.4 Å². The molecule has 0 saturated heterocycles. The molecule has 0 aliphatic heterocycles. The second-order valence-electron chi connectivity index (χ2n) is 3.10. The van der Waals surface area contributed by atoms with Crippen molar-refractivity contribution in [1.82, 2.24) is 0 Å². The van der Waals surface area contributed by atoms with E-state index in [4.69, 9.17) is 4.74 Å². The van der Waals surface area contributed by atoms with Crippen LogP contribution in [0.2, 0.25) is 0 Å². The second-order valence-corrected chi connectivity index (χ2v) is 3.10. The fourth-order valence-electron chi connectivity index (χ4n) is 1.57. The molecule has 2 heteroatoms. The minimum atomic E-state index is -0.358. The van der Waals surface area contributed by atoms with Crippen molar-refractivity contribution >= 4 is 0 Å². The molecule has 0 aromatic carbocycles. The highest BCUT2D eigenvalue weighted by Crippen LogP contribution is 2.25. The van der Waals surface area contributed by atoms with Gasteiger partial charge >= 0.3 is 0 Å². The lowest BCUT2D eigenvalue weighted by Crippen LogP contribution is -2.31. The molecule has 0 aromatic heterocycles. The Morgan fingerprint density at radius 3 is 2.92 bits per heavy atom. The average Bonchev–Trinajstić information content (AvgIpc) is 2.09. The highest BCUT2D eigenvalue weighted by Gasteiger charge is 2.25. The average molecular weight is 168 g/mol. The Morgan fingerprint density at radius 2 is 2.42 bits per heavy atom. The number of hydrogen-bond acceptors (Lipinski definition) is 2. The Kier molecular flexibility index (Phi) is 3.35. The van der Waals surface area contributed by atoms with Crippen molar-refractivity contribution in [3.63, 3.8) is 0 Å². The summed E-state index contributed by atoms with van der Waals surface area (Å²) in [7, 11) is 0. The lowest BCUT2D eigenvalue weighted by molar-refractivity contribution is -0.00547. The second kappa shape index (κ2) is 4.31. The molecule has 1 fully saturated rings. The molecule has 2 nitrogen and oxygen atoms in total. The summed E-state index contributed by atoms with van der Waals surface area (Å²) in [5.74, 6) is 0. The third-order valence-electron chi connectivity index (χ3n) is 2.33. The summed E-state index contributed by atoms with van der Waals surface area (Å²) >= 11 is 0. The third-order valence-corrected chi connectivity index (χ3v) is 2.33. The minimum absolute atomic E-state index is 0.0498. The van der Waals surface area contributed by atoms with Gasteiger partial charge in [0, 0.05) is 0 Å². The fourth-order valence-corrected chi connectivity index (χ4v) is 1.57. The van der Waals surface area contributed by atoms with Crippen LogP contribution in [-0.4, -0.2) is 17.3 Å². The fraction of sp³-hybridized carbons (Fsp3) is 0.600. The first-order chi connectivity index (χ1) is 5.77. The van der Waals surface area contributed by atoms with Crippen LogP contribution in [0.3, 0.4) is 0 Å². The summed E-state index contributed by atoms with van der Waals surface area (Å²) in [5, 5.41) is 9.59. The summed E-state index contributed by atoms with van der Waals surface area (Å²) < 4.78 is 5.17. The van der Waals surface area contributed by atoms with E-state index in [-0.39, 0.29) is 12.2 Å². The molecule has 1 aliphatic rings. The van der Waals surface area contributed by atoms with E-state index in [2.05, 4.69) is 12.7 Å². The molecular formula is C10H16O2. The van der Waals surface area contributed by atoms with E-state index >= 15 is 0 Å². The highest BCUT2D eigenvalue weighted by molar-refractivity contribution is 5.07. The lowest BCUT2D eigenvalue weighted by atomic mass is 9.90. The largest absolute Gasteiger partial charge is 0.496 e. The van der Waals surface area contributed by atoms with Gasteiger partial charge in [0.25, 0.3) is 0 Å². The topological polar surface area (TPSA) is 29.5 Å². The van der Waals surface area contributed by atoms with Crippen molar-refractivity contribution in [2.75, 3.05) is 0 Å². The SMILES string of the molecule is C=COC1CC/C(=C\C)CC1O. The zero-order valence-corrected chi connectivity index (χ0v) is 7.49. The molecule has 1 N–H and O–H groups in total. The van der Waals surface area contributed by atoms with Crippen LogP contribution in [0.5, 0.6) is 0 Å². The predicted molar refractivity (Wildman–Crippen MR) is 48.7 cm³/mol. The van der Waals surface area contributed by atoms with Crippen LogP contribution in [0.25, 0.3) is 0 Å². The van der Waals surface area contributed by atoms with Gasteiger partial charge in [-0.25, -0.2) is 0 Å². The molecule has 1 saturated carbocycles. The van der Waals surface area contributed by atoms with Crippen molar-refractivity contribution < 1.29 is 9.84 Å². The first-order valence-electron chi connectivity index (χ1n) is 4.36. The molecule has 0 aromatic rings. The lowest BCUT2D eigenvalue weighted by Gasteiger charge is -2.28. The number of aliphatic hydroxyl groups excluding tert-OH is 1. The van der Waals surface area contributed by atoms with Gasteiger partial charge in [0.15, 0.2) is 0 Å². The van der Waals surface area contributed by atoms with Gasteiger partial charge in [0.2, 0.25) is 0 Å². The van der Waals surface area contributed by atoms with Gasteiger partial charge in [-0.2, -0.15) is 0 Å². The van der Waals surface area contributed by atoms with Crippen LogP contribution in [0.15, 0.2) is 24.5 Å². The molecule has 2 atom stereocenters. The molecule has 0 bridgehead atoms. The molecule has 1 aliphatic carbocycles. The maximum atomic E-state index is 9.59. The summed E-state index contributed by atoms with van der Waals surface area (Å²) in [4.78, 5) is 0. The Labute approximate surface area is 73.5 Å². The van der Waals surface area contributed by atoms with Crippen LogP contribution < -0.4 is 0 Å². The molecular weight excluding hydrogens is 152 g/mol. The zero-order chi connectivity index (χ0) is 8.97. The van der Waals surface area contributed by atoms with E-state index in [1.807, 2.05) is 6.92 Å². The van der Waals surface area contributed by atoms with Crippen molar-refractivity contribution in [1.29, 1.82) is 0 Å². The molecule has 0 amide bonds. The van der Waals surface area contributed by atoms with Crippen LogP contribution in [-0.2, 0) is 4.74 Å². The zero-order valence-electron chi connectivity index (χ0n) is 7.49. The normalized spacial score (nSPS) is 33.3. The monoisotopic (exact) mass is 168 g/mol. The first kappa shape index (κ1) is 9.33. The molecule has 68 valence electrons. The molecule has 0 heterocycles. The quantitative estimate of drug-likeness (QED) is 0.505. The van der Waals surface area contributed by atoms with Gasteiger partial charge in [-0.15, -0.1) is 0 Å². The van der Waals surface area contributed by atoms with E-state index < -0.39 is 0 Å². The first-order valence-corrected chi connectivity index (χ1v) is 4.36. The van der Waals surface area contributed by atoms with E-state index in [0.29, 0.717) is 0 Å². The Hall–Kier alpha value is -0.760. The number of hydrogen-bond donors (Lipinski definition) is 1. The molecule has 0 spiro atoms. The van der Waals surface area contributed by atoms with E-state index in [1.165, 1.54) is 11.8 Å². The predicted octanol–water partition coefficient (Wildman–Crippen LogP) is 2.01. The standard InChI is InChI=1S/C10H16O2/c1-3-8-5-6-10(12-4-2)9(11)7-8/h3-4,9-11H,2,5-7H2,1H3/b8-3+. The number of rotatable bonds is 2. The Balaban J connectivity index is 2.47. The van der Waals surface area contributed by atoms with Crippen molar-refractivity contribution in [2.45, 2.75) is 38.4 Å². The van der Waals surface area contributed by atoms with Crippen LogP contribution in [0, 0.1) is 0 Å². The van der Waals surface area contributed by atoms with Crippen LogP contribution in [0.4, 0.5) is 0 Å². The highest BCUT2D eigenvalue weighted by atomic mass is 16.5. The van der Waals surface area contributed by atoms with Crippen molar-refractivity contribution in [2.24, 2.45) is 0 Å². The van der Waals surface area contributed by atoms with Gasteiger partial charge in [-0.3, -0.25) is 0 Å². The van der Waals surface area contributed by atoms with Gasteiger partial charge in [-0.1, -0.05) is 18.2 Å². The molecule has 2 unspecified atom stereocenters.